The monoisotopic (exact) mass is 354 g/mol. The van der Waals surface area contributed by atoms with Gasteiger partial charge in [-0.1, -0.05) is 24.3 Å². The van der Waals surface area contributed by atoms with Crippen LogP contribution in [0, 0.1) is 0 Å². The molecule has 1 aliphatic carbocycles. The van der Waals surface area contributed by atoms with E-state index in [-0.39, 0.29) is 11.9 Å². The van der Waals surface area contributed by atoms with Gasteiger partial charge < -0.3 is 14.8 Å². The van der Waals surface area contributed by atoms with E-state index in [9.17, 15) is 4.79 Å². The first-order valence-corrected chi connectivity index (χ1v) is 8.92. The van der Waals surface area contributed by atoms with E-state index in [1.54, 1.807) is 32.4 Å². The number of rotatable bonds is 6. The minimum Gasteiger partial charge on any atom is -0.497 e. The number of methoxy groups -OCH3 is 2. The largest absolute Gasteiger partial charge is 0.497 e. The molecule has 5 heteroatoms. The third-order valence-corrected chi connectivity index (χ3v) is 4.94. The Kier molecular flexibility index (Phi) is 5.78. The summed E-state index contributed by atoms with van der Waals surface area (Å²) in [6.45, 7) is 0.319. The molecule has 0 fully saturated rings. The number of carbonyl (C=O) groups excluding carboxylic acids is 1. The molecule has 0 spiro atoms. The average Bonchev–Trinajstić information content (AvgIpc) is 2.67. The number of nitrogens with zero attached hydrogens (tertiary/aromatic N) is 1. The van der Waals surface area contributed by atoms with Gasteiger partial charge in [-0.15, -0.1) is 0 Å². The van der Waals surface area contributed by atoms with Crippen LogP contribution < -0.4 is 14.8 Å². The first-order chi connectivity index (χ1) is 12.6. The predicted molar refractivity (Wildman–Crippen MR) is 103 cm³/mol. The van der Waals surface area contributed by atoms with Gasteiger partial charge in [0.05, 0.1) is 26.5 Å². The molecule has 1 N–H and O–H groups in total. The fourth-order valence-corrected chi connectivity index (χ4v) is 3.62. The van der Waals surface area contributed by atoms with E-state index in [0.29, 0.717) is 23.7 Å². The molecular weight excluding hydrogens is 328 g/mol. The normalized spacial score (nSPS) is 16.1. The van der Waals surface area contributed by atoms with E-state index in [1.807, 2.05) is 7.05 Å². The molecule has 0 aromatic heterocycles. The van der Waals surface area contributed by atoms with Crippen LogP contribution in [0.25, 0.3) is 0 Å². The Morgan fingerprint density at radius 1 is 1.19 bits per heavy atom. The molecular formula is C21H26N2O3. The molecule has 1 amide bonds. The topological polar surface area (TPSA) is 50.8 Å². The Morgan fingerprint density at radius 3 is 2.77 bits per heavy atom. The number of likely N-dealkylation sites (N-methyl/N-ethyl adjacent to an activating group) is 1. The van der Waals surface area contributed by atoms with Gasteiger partial charge in [0, 0.05) is 12.1 Å². The first-order valence-electron chi connectivity index (χ1n) is 8.92. The fourth-order valence-electron chi connectivity index (χ4n) is 3.62. The molecule has 0 unspecified atom stereocenters. The van der Waals surface area contributed by atoms with Gasteiger partial charge in [-0.25, -0.2) is 0 Å². The Bertz CT molecular complexity index is 776. The molecule has 5 nitrogen and oxygen atoms in total. The van der Waals surface area contributed by atoms with Crippen LogP contribution in [-0.2, 0) is 11.2 Å². The number of anilines is 1. The maximum absolute atomic E-state index is 12.6. The first kappa shape index (κ1) is 18.3. The standard InChI is InChI=1S/C21H26N2O3/c1-23(19-10-6-8-15-7-4-5-9-17(15)19)14-21(24)22-18-13-16(25-2)11-12-20(18)26-3/h4-5,7,9,11-13,19H,6,8,10,14H2,1-3H3,(H,22,24)/t19-/m0/s1. The van der Waals surface area contributed by atoms with E-state index in [2.05, 4.69) is 34.5 Å². The van der Waals surface area contributed by atoms with E-state index < -0.39 is 0 Å². The molecule has 3 rings (SSSR count). The Hall–Kier alpha value is -2.53. The molecule has 0 saturated heterocycles. The molecule has 26 heavy (non-hydrogen) atoms. The second-order valence-corrected chi connectivity index (χ2v) is 6.64. The van der Waals surface area contributed by atoms with E-state index in [0.717, 1.165) is 19.3 Å². The van der Waals surface area contributed by atoms with Crippen LogP contribution in [-0.4, -0.2) is 38.6 Å². The fraction of sp³-hybridized carbons (Fsp3) is 0.381. The zero-order valence-corrected chi connectivity index (χ0v) is 15.6. The van der Waals surface area contributed by atoms with Crippen molar-refractivity contribution in [3.05, 3.63) is 53.6 Å². The van der Waals surface area contributed by atoms with Crippen molar-refractivity contribution in [1.82, 2.24) is 4.90 Å². The summed E-state index contributed by atoms with van der Waals surface area (Å²) < 4.78 is 10.6. The van der Waals surface area contributed by atoms with Gasteiger partial charge in [-0.2, -0.15) is 0 Å². The zero-order chi connectivity index (χ0) is 18.5. The van der Waals surface area contributed by atoms with Crippen molar-refractivity contribution in [1.29, 1.82) is 0 Å². The summed E-state index contributed by atoms with van der Waals surface area (Å²) in [4.78, 5) is 14.7. The number of amides is 1. The highest BCUT2D eigenvalue weighted by Crippen LogP contribution is 2.33. The summed E-state index contributed by atoms with van der Waals surface area (Å²) in [5, 5.41) is 2.94. The lowest BCUT2D eigenvalue weighted by atomic mass is 9.87. The summed E-state index contributed by atoms with van der Waals surface area (Å²) >= 11 is 0. The van der Waals surface area contributed by atoms with Crippen LogP contribution in [0.5, 0.6) is 11.5 Å². The van der Waals surface area contributed by atoms with Crippen molar-refractivity contribution in [2.24, 2.45) is 0 Å². The van der Waals surface area contributed by atoms with Crippen LogP contribution in [0.1, 0.15) is 30.0 Å². The van der Waals surface area contributed by atoms with Crippen molar-refractivity contribution in [3.63, 3.8) is 0 Å². The second-order valence-electron chi connectivity index (χ2n) is 6.64. The summed E-state index contributed by atoms with van der Waals surface area (Å²) in [6, 6.07) is 14.2. The third-order valence-electron chi connectivity index (χ3n) is 4.94. The lowest BCUT2D eigenvalue weighted by Gasteiger charge is -2.32. The van der Waals surface area contributed by atoms with Gasteiger partial charge in [0.1, 0.15) is 11.5 Å². The van der Waals surface area contributed by atoms with E-state index in [4.69, 9.17) is 9.47 Å². The number of hydrogen-bond acceptors (Lipinski definition) is 4. The summed E-state index contributed by atoms with van der Waals surface area (Å²) in [5.41, 5.74) is 3.35. The lowest BCUT2D eigenvalue weighted by molar-refractivity contribution is -0.117. The van der Waals surface area contributed by atoms with Gasteiger partial charge in [-0.3, -0.25) is 9.69 Å². The van der Waals surface area contributed by atoms with Crippen LogP contribution >= 0.6 is 0 Å². The molecule has 0 radical (unpaired) electrons. The van der Waals surface area contributed by atoms with Gasteiger partial charge in [0.2, 0.25) is 5.91 Å². The molecule has 2 aromatic rings. The SMILES string of the molecule is COc1ccc(OC)c(NC(=O)CN(C)[C@H]2CCCc3ccccc32)c1. The van der Waals surface area contributed by atoms with Crippen molar-refractivity contribution < 1.29 is 14.3 Å². The maximum Gasteiger partial charge on any atom is 0.238 e. The van der Waals surface area contributed by atoms with E-state index >= 15 is 0 Å². The quantitative estimate of drug-likeness (QED) is 0.860. The van der Waals surface area contributed by atoms with Gasteiger partial charge in [0.25, 0.3) is 0 Å². The molecule has 2 aromatic carbocycles. The summed E-state index contributed by atoms with van der Waals surface area (Å²) in [6.07, 6.45) is 3.34. The predicted octanol–water partition coefficient (Wildman–Crippen LogP) is 3.65. The molecule has 0 saturated carbocycles. The molecule has 1 aliphatic rings. The molecule has 0 heterocycles. The molecule has 1 atom stereocenters. The van der Waals surface area contributed by atoms with Crippen LogP contribution in [0.4, 0.5) is 5.69 Å². The van der Waals surface area contributed by atoms with Crippen molar-refractivity contribution in [3.8, 4) is 11.5 Å². The zero-order valence-electron chi connectivity index (χ0n) is 15.6. The number of ether oxygens (including phenoxy) is 2. The number of fused-ring (bicyclic) bond motifs is 1. The number of nitrogens with one attached hydrogen (secondary N) is 1. The van der Waals surface area contributed by atoms with E-state index in [1.165, 1.54) is 11.1 Å². The Balaban J connectivity index is 1.69. The van der Waals surface area contributed by atoms with Crippen LogP contribution in [0.15, 0.2) is 42.5 Å². The maximum atomic E-state index is 12.6. The molecule has 138 valence electrons. The Morgan fingerprint density at radius 2 is 2.00 bits per heavy atom. The summed E-state index contributed by atoms with van der Waals surface area (Å²) in [7, 11) is 5.19. The van der Waals surface area contributed by atoms with Crippen LogP contribution in [0.2, 0.25) is 0 Å². The lowest BCUT2D eigenvalue weighted by Crippen LogP contribution is -2.35. The van der Waals surface area contributed by atoms with Gasteiger partial charge >= 0.3 is 0 Å². The Labute approximate surface area is 154 Å². The molecule has 0 bridgehead atoms. The number of benzene rings is 2. The smallest absolute Gasteiger partial charge is 0.238 e. The van der Waals surface area contributed by atoms with Crippen molar-refractivity contribution >= 4 is 11.6 Å². The van der Waals surface area contributed by atoms with Gasteiger partial charge in [0.15, 0.2) is 0 Å². The minimum atomic E-state index is -0.0675. The van der Waals surface area contributed by atoms with Crippen molar-refractivity contribution in [2.75, 3.05) is 33.1 Å². The van der Waals surface area contributed by atoms with Crippen LogP contribution in [0.3, 0.4) is 0 Å². The van der Waals surface area contributed by atoms with Crippen molar-refractivity contribution in [2.45, 2.75) is 25.3 Å². The number of carbonyl (C=O) groups is 1. The number of aryl methyl sites for hydroxylation is 1. The van der Waals surface area contributed by atoms with Gasteiger partial charge in [-0.05, 0) is 49.6 Å². The average molecular weight is 354 g/mol. The second kappa shape index (κ2) is 8.23. The molecule has 0 aliphatic heterocycles. The number of hydrogen-bond donors (Lipinski definition) is 1. The highest BCUT2D eigenvalue weighted by atomic mass is 16.5. The highest BCUT2D eigenvalue weighted by Gasteiger charge is 2.24. The minimum absolute atomic E-state index is 0.0675. The summed E-state index contributed by atoms with van der Waals surface area (Å²) in [5.74, 6) is 1.22. The highest BCUT2D eigenvalue weighted by molar-refractivity contribution is 5.94. The third kappa shape index (κ3) is 3.99.